The summed E-state index contributed by atoms with van der Waals surface area (Å²) in [4.78, 5) is 11.8. The smallest absolute Gasteiger partial charge is 0.310 e. The SMILES string of the molecule is COc1ccc(CC(=O)OCCO)cc1C(C)(C)CC(C)(C)C. The van der Waals surface area contributed by atoms with Gasteiger partial charge in [0.2, 0.25) is 0 Å². The summed E-state index contributed by atoms with van der Waals surface area (Å²) in [5, 5.41) is 8.71. The third-order valence-electron chi connectivity index (χ3n) is 3.67. The minimum Gasteiger partial charge on any atom is -0.496 e. The number of rotatable bonds is 7. The molecular formula is C19H30O4. The molecule has 0 heterocycles. The molecular weight excluding hydrogens is 292 g/mol. The quantitative estimate of drug-likeness (QED) is 0.781. The zero-order chi connectivity index (χ0) is 17.7. The Bertz CT molecular complexity index is 527. The summed E-state index contributed by atoms with van der Waals surface area (Å²) in [6, 6.07) is 5.83. The first-order valence-electron chi connectivity index (χ1n) is 8.03. The molecule has 130 valence electrons. The molecule has 1 aromatic carbocycles. The second-order valence-corrected chi connectivity index (χ2v) is 7.78. The van der Waals surface area contributed by atoms with Crippen LogP contribution in [0, 0.1) is 5.41 Å². The molecule has 0 saturated carbocycles. The summed E-state index contributed by atoms with van der Waals surface area (Å²) in [5.41, 5.74) is 2.10. The van der Waals surface area contributed by atoms with Crippen LogP contribution in [0.5, 0.6) is 5.75 Å². The van der Waals surface area contributed by atoms with Gasteiger partial charge < -0.3 is 14.6 Å². The topological polar surface area (TPSA) is 55.8 Å². The third-order valence-corrected chi connectivity index (χ3v) is 3.67. The molecule has 0 radical (unpaired) electrons. The fraction of sp³-hybridized carbons (Fsp3) is 0.632. The first-order chi connectivity index (χ1) is 10.6. The van der Waals surface area contributed by atoms with Crippen LogP contribution in [0.15, 0.2) is 18.2 Å². The summed E-state index contributed by atoms with van der Waals surface area (Å²) >= 11 is 0. The number of benzene rings is 1. The first-order valence-corrected chi connectivity index (χ1v) is 8.03. The van der Waals surface area contributed by atoms with E-state index < -0.39 is 0 Å². The zero-order valence-electron chi connectivity index (χ0n) is 15.2. The van der Waals surface area contributed by atoms with Gasteiger partial charge in [-0.1, -0.05) is 46.8 Å². The Hall–Kier alpha value is -1.55. The summed E-state index contributed by atoms with van der Waals surface area (Å²) < 4.78 is 10.5. The van der Waals surface area contributed by atoms with Gasteiger partial charge in [-0.25, -0.2) is 0 Å². The monoisotopic (exact) mass is 322 g/mol. The van der Waals surface area contributed by atoms with Crippen LogP contribution < -0.4 is 4.74 Å². The lowest BCUT2D eigenvalue weighted by molar-refractivity contribution is -0.143. The van der Waals surface area contributed by atoms with Crippen LogP contribution in [0.4, 0.5) is 0 Å². The summed E-state index contributed by atoms with van der Waals surface area (Å²) in [6.45, 7) is 10.9. The average molecular weight is 322 g/mol. The maximum atomic E-state index is 11.8. The van der Waals surface area contributed by atoms with E-state index in [1.807, 2.05) is 18.2 Å². The molecule has 0 aliphatic heterocycles. The Labute approximate surface area is 139 Å². The van der Waals surface area contributed by atoms with E-state index in [9.17, 15) is 4.79 Å². The van der Waals surface area contributed by atoms with Gasteiger partial charge in [0.05, 0.1) is 20.1 Å². The van der Waals surface area contributed by atoms with E-state index in [4.69, 9.17) is 14.6 Å². The normalized spacial score (nSPS) is 12.1. The summed E-state index contributed by atoms with van der Waals surface area (Å²) in [5.74, 6) is 0.510. The second-order valence-electron chi connectivity index (χ2n) is 7.78. The van der Waals surface area contributed by atoms with E-state index in [-0.39, 0.29) is 36.4 Å². The van der Waals surface area contributed by atoms with Gasteiger partial charge >= 0.3 is 5.97 Å². The Balaban J connectivity index is 3.05. The highest BCUT2D eigenvalue weighted by atomic mass is 16.5. The number of methoxy groups -OCH3 is 1. The lowest BCUT2D eigenvalue weighted by Gasteiger charge is -2.34. The fourth-order valence-corrected chi connectivity index (χ4v) is 3.19. The number of ether oxygens (including phenoxy) is 2. The highest BCUT2D eigenvalue weighted by Gasteiger charge is 2.30. The molecule has 4 heteroatoms. The van der Waals surface area contributed by atoms with Crippen molar-refractivity contribution < 1.29 is 19.4 Å². The van der Waals surface area contributed by atoms with Crippen LogP contribution in [0.3, 0.4) is 0 Å². The summed E-state index contributed by atoms with van der Waals surface area (Å²) in [7, 11) is 1.67. The van der Waals surface area contributed by atoms with Gasteiger partial charge in [-0.3, -0.25) is 4.79 Å². The maximum absolute atomic E-state index is 11.8. The maximum Gasteiger partial charge on any atom is 0.310 e. The molecule has 0 spiro atoms. The molecule has 0 amide bonds. The minimum absolute atomic E-state index is 0.0390. The molecule has 1 N–H and O–H groups in total. The lowest BCUT2D eigenvalue weighted by atomic mass is 9.71. The number of hydrogen-bond donors (Lipinski definition) is 1. The van der Waals surface area contributed by atoms with Gasteiger partial charge in [-0.05, 0) is 28.9 Å². The highest BCUT2D eigenvalue weighted by Crippen LogP contribution is 2.40. The van der Waals surface area contributed by atoms with Crippen LogP contribution >= 0.6 is 0 Å². The van der Waals surface area contributed by atoms with E-state index in [2.05, 4.69) is 34.6 Å². The molecule has 0 aliphatic rings. The number of hydrogen-bond acceptors (Lipinski definition) is 4. The van der Waals surface area contributed by atoms with Crippen LogP contribution in [-0.4, -0.2) is 31.4 Å². The standard InChI is InChI=1S/C19H30O4/c1-18(2,3)13-19(4,5)15-11-14(7-8-16(15)22-6)12-17(21)23-10-9-20/h7-8,11,20H,9-10,12-13H2,1-6H3. The van der Waals surface area contributed by atoms with Gasteiger partial charge in [0.1, 0.15) is 12.4 Å². The van der Waals surface area contributed by atoms with E-state index in [0.717, 1.165) is 23.3 Å². The number of carbonyl (C=O) groups excluding carboxylic acids is 1. The van der Waals surface area contributed by atoms with Crippen molar-refractivity contribution in [2.45, 2.75) is 52.9 Å². The van der Waals surface area contributed by atoms with Crippen LogP contribution in [0.1, 0.15) is 52.2 Å². The molecule has 23 heavy (non-hydrogen) atoms. The molecule has 0 unspecified atom stereocenters. The van der Waals surface area contributed by atoms with E-state index in [1.54, 1.807) is 7.11 Å². The molecule has 0 aromatic heterocycles. The van der Waals surface area contributed by atoms with E-state index in [1.165, 1.54) is 0 Å². The molecule has 0 aliphatic carbocycles. The van der Waals surface area contributed by atoms with Gasteiger partial charge in [0.15, 0.2) is 0 Å². The van der Waals surface area contributed by atoms with Crippen molar-refractivity contribution in [2.24, 2.45) is 5.41 Å². The Morgan fingerprint density at radius 3 is 2.35 bits per heavy atom. The predicted molar refractivity (Wildman–Crippen MR) is 91.8 cm³/mol. The first kappa shape index (κ1) is 19.5. The van der Waals surface area contributed by atoms with Crippen LogP contribution in [-0.2, 0) is 21.4 Å². The molecule has 0 bridgehead atoms. The van der Waals surface area contributed by atoms with E-state index >= 15 is 0 Å². The van der Waals surface area contributed by atoms with Crippen molar-refractivity contribution in [1.82, 2.24) is 0 Å². The highest BCUT2D eigenvalue weighted by molar-refractivity contribution is 5.72. The van der Waals surface area contributed by atoms with Crippen LogP contribution in [0.2, 0.25) is 0 Å². The lowest BCUT2D eigenvalue weighted by Crippen LogP contribution is -2.25. The Morgan fingerprint density at radius 1 is 1.17 bits per heavy atom. The molecule has 0 saturated heterocycles. The van der Waals surface area contributed by atoms with Crippen LogP contribution in [0.25, 0.3) is 0 Å². The number of aliphatic hydroxyl groups excluding tert-OH is 1. The van der Waals surface area contributed by atoms with Crippen molar-refractivity contribution in [2.75, 3.05) is 20.3 Å². The molecule has 0 atom stereocenters. The number of carbonyl (C=O) groups is 1. The third kappa shape index (κ3) is 6.22. The average Bonchev–Trinajstić information content (AvgIpc) is 2.42. The fourth-order valence-electron chi connectivity index (χ4n) is 3.19. The molecule has 1 aromatic rings. The molecule has 4 nitrogen and oxygen atoms in total. The Kier molecular flexibility index (Phi) is 6.63. The van der Waals surface area contributed by atoms with Gasteiger partial charge in [-0.15, -0.1) is 0 Å². The van der Waals surface area contributed by atoms with Crippen molar-refractivity contribution in [3.05, 3.63) is 29.3 Å². The Morgan fingerprint density at radius 2 is 1.83 bits per heavy atom. The number of esters is 1. The van der Waals surface area contributed by atoms with E-state index in [0.29, 0.717) is 0 Å². The largest absolute Gasteiger partial charge is 0.496 e. The van der Waals surface area contributed by atoms with Crippen molar-refractivity contribution in [3.63, 3.8) is 0 Å². The van der Waals surface area contributed by atoms with Gasteiger partial charge in [0.25, 0.3) is 0 Å². The zero-order valence-corrected chi connectivity index (χ0v) is 15.2. The van der Waals surface area contributed by atoms with Crippen molar-refractivity contribution in [1.29, 1.82) is 0 Å². The minimum atomic E-state index is -0.330. The van der Waals surface area contributed by atoms with Gasteiger partial charge in [0, 0.05) is 5.56 Å². The number of aliphatic hydroxyl groups is 1. The molecule has 1 rings (SSSR count). The summed E-state index contributed by atoms with van der Waals surface area (Å²) in [6.07, 6.45) is 1.19. The predicted octanol–water partition coefficient (Wildman–Crippen LogP) is 3.49. The van der Waals surface area contributed by atoms with Crippen molar-refractivity contribution in [3.8, 4) is 5.75 Å². The van der Waals surface area contributed by atoms with Gasteiger partial charge in [-0.2, -0.15) is 0 Å². The second kappa shape index (κ2) is 7.82. The van der Waals surface area contributed by atoms with Crippen molar-refractivity contribution >= 4 is 5.97 Å². The molecule has 0 fully saturated rings.